The summed E-state index contributed by atoms with van der Waals surface area (Å²) in [6.45, 7) is 3.44. The van der Waals surface area contributed by atoms with Gasteiger partial charge in [-0.15, -0.1) is 23.2 Å². The van der Waals surface area contributed by atoms with Crippen molar-refractivity contribution in [3.8, 4) is 0 Å². The van der Waals surface area contributed by atoms with Crippen molar-refractivity contribution < 1.29 is 9.90 Å². The largest absolute Gasteiger partial charge is 0.390 e. The van der Waals surface area contributed by atoms with Gasteiger partial charge in [0.25, 0.3) is 0 Å². The summed E-state index contributed by atoms with van der Waals surface area (Å²) in [7, 11) is 0. The first kappa shape index (κ1) is 19.1. The van der Waals surface area contributed by atoms with E-state index in [1.807, 2.05) is 24.3 Å². The number of amides is 1. The highest BCUT2D eigenvalue weighted by molar-refractivity contribution is 6.19. The molecule has 22 heavy (non-hydrogen) atoms. The summed E-state index contributed by atoms with van der Waals surface area (Å²) in [6, 6.07) is 7.60. The quantitative estimate of drug-likeness (QED) is 0.638. The van der Waals surface area contributed by atoms with Gasteiger partial charge in [-0.05, 0) is 24.6 Å². The van der Waals surface area contributed by atoms with Gasteiger partial charge in [0.15, 0.2) is 0 Å². The molecule has 2 N–H and O–H groups in total. The van der Waals surface area contributed by atoms with E-state index in [1.54, 1.807) is 0 Å². The molecule has 6 heteroatoms. The number of aliphatic hydroxyl groups excluding tert-OH is 1. The molecule has 0 bridgehead atoms. The second kappa shape index (κ2) is 10.7. The number of nitrogens with zero attached hydrogens (tertiary/aromatic N) is 1. The van der Waals surface area contributed by atoms with Crippen LogP contribution in [0.3, 0.4) is 0 Å². The molecule has 1 aromatic carbocycles. The Bertz CT molecular complexity index is 458. The number of halogens is 2. The van der Waals surface area contributed by atoms with E-state index in [-0.39, 0.29) is 18.2 Å². The Hall–Kier alpha value is -0.970. The van der Waals surface area contributed by atoms with Crippen molar-refractivity contribution >= 4 is 40.5 Å². The fourth-order valence-electron chi connectivity index (χ4n) is 2.07. The summed E-state index contributed by atoms with van der Waals surface area (Å²) in [4.78, 5) is 13.7. The zero-order valence-corrected chi connectivity index (χ0v) is 14.4. The predicted octanol–water partition coefficient (Wildman–Crippen LogP) is 3.46. The second-order valence-electron chi connectivity index (χ2n) is 5.15. The highest BCUT2D eigenvalue weighted by Gasteiger charge is 2.12. The van der Waals surface area contributed by atoms with Crippen LogP contribution in [0.1, 0.15) is 26.2 Å². The molecule has 4 nitrogen and oxygen atoms in total. The Morgan fingerprint density at radius 1 is 1.41 bits per heavy atom. The van der Waals surface area contributed by atoms with E-state index in [4.69, 9.17) is 23.2 Å². The first-order valence-corrected chi connectivity index (χ1v) is 8.62. The summed E-state index contributed by atoms with van der Waals surface area (Å²) >= 11 is 11.3. The van der Waals surface area contributed by atoms with Crippen molar-refractivity contribution in [2.24, 2.45) is 0 Å². The van der Waals surface area contributed by atoms with E-state index in [0.29, 0.717) is 12.4 Å². The zero-order valence-electron chi connectivity index (χ0n) is 12.9. The Balaban J connectivity index is 2.82. The van der Waals surface area contributed by atoms with Gasteiger partial charge in [0.2, 0.25) is 5.91 Å². The average molecular weight is 347 g/mol. The molecule has 0 heterocycles. The lowest BCUT2D eigenvalue weighted by Gasteiger charge is -2.27. The fourth-order valence-corrected chi connectivity index (χ4v) is 2.34. The van der Waals surface area contributed by atoms with Crippen molar-refractivity contribution in [2.75, 3.05) is 35.1 Å². The Kier molecular flexibility index (Phi) is 9.28. The van der Waals surface area contributed by atoms with Crippen LogP contribution in [0.2, 0.25) is 0 Å². The van der Waals surface area contributed by atoms with Gasteiger partial charge in [-0.2, -0.15) is 0 Å². The number of carbonyl (C=O) groups is 1. The lowest BCUT2D eigenvalue weighted by molar-refractivity contribution is -0.115. The van der Waals surface area contributed by atoms with Crippen LogP contribution >= 0.6 is 23.2 Å². The maximum Gasteiger partial charge on any atom is 0.225 e. The van der Waals surface area contributed by atoms with Crippen molar-refractivity contribution in [3.05, 3.63) is 24.3 Å². The number of benzene rings is 1. The number of rotatable bonds is 10. The lowest BCUT2D eigenvalue weighted by Crippen LogP contribution is -2.34. The summed E-state index contributed by atoms with van der Waals surface area (Å²) in [5, 5.41) is 12.6. The topological polar surface area (TPSA) is 52.6 Å². The molecule has 1 aromatic rings. The van der Waals surface area contributed by atoms with Crippen molar-refractivity contribution in [1.82, 2.24) is 0 Å². The van der Waals surface area contributed by atoms with Crippen LogP contribution in [0.15, 0.2) is 24.3 Å². The van der Waals surface area contributed by atoms with Crippen LogP contribution < -0.4 is 10.2 Å². The number of alkyl halides is 2. The first-order valence-electron chi connectivity index (χ1n) is 7.55. The van der Waals surface area contributed by atoms with Gasteiger partial charge in [0.05, 0.1) is 12.0 Å². The maximum absolute atomic E-state index is 11.6. The molecular formula is C16H24Cl2N2O2. The van der Waals surface area contributed by atoms with Gasteiger partial charge in [0, 0.05) is 36.8 Å². The molecule has 0 radical (unpaired) electrons. The zero-order chi connectivity index (χ0) is 16.4. The number of anilines is 2. The summed E-state index contributed by atoms with van der Waals surface area (Å²) < 4.78 is 0. The number of carbonyl (C=O) groups excluding carboxylic acids is 1. The van der Waals surface area contributed by atoms with E-state index in [1.165, 1.54) is 0 Å². The molecule has 0 fully saturated rings. The van der Waals surface area contributed by atoms with Crippen LogP contribution in [-0.2, 0) is 4.79 Å². The van der Waals surface area contributed by atoms with E-state index in [9.17, 15) is 9.90 Å². The van der Waals surface area contributed by atoms with Gasteiger partial charge in [0.1, 0.15) is 0 Å². The summed E-state index contributed by atoms with van der Waals surface area (Å²) in [6.07, 6.45) is 1.81. The van der Waals surface area contributed by atoms with Crippen LogP contribution in [0.4, 0.5) is 11.4 Å². The Labute approximate surface area is 142 Å². The second-order valence-corrected chi connectivity index (χ2v) is 5.83. The van der Waals surface area contributed by atoms with Gasteiger partial charge in [-0.3, -0.25) is 4.79 Å². The molecule has 1 atom stereocenters. The molecule has 0 aliphatic heterocycles. The minimum Gasteiger partial charge on any atom is -0.390 e. The molecule has 0 aliphatic carbocycles. The third-order valence-corrected chi connectivity index (χ3v) is 3.75. The predicted molar refractivity (Wildman–Crippen MR) is 94.3 cm³/mol. The lowest BCUT2D eigenvalue weighted by atomic mass is 10.2. The summed E-state index contributed by atoms with van der Waals surface area (Å²) in [5.74, 6) is 0.401. The highest BCUT2D eigenvalue weighted by Crippen LogP contribution is 2.21. The molecule has 1 rings (SSSR count). The normalized spacial score (nSPS) is 12.0. The van der Waals surface area contributed by atoms with Crippen LogP contribution in [-0.4, -0.2) is 42.0 Å². The molecule has 124 valence electrons. The molecular weight excluding hydrogens is 323 g/mol. The molecule has 1 unspecified atom stereocenters. The van der Waals surface area contributed by atoms with E-state index in [2.05, 4.69) is 17.1 Å². The number of unbranched alkanes of at least 4 members (excludes halogenated alkanes) is 1. The number of aliphatic hydroxyl groups is 1. The third-order valence-electron chi connectivity index (χ3n) is 3.21. The molecule has 0 saturated carbocycles. The standard InChI is InChI=1S/C16H24Cl2N2O2/c1-2-3-9-20(12-15(21)11-18)14-6-4-5-13(10-14)19-16(22)7-8-17/h4-6,10,15,21H,2-3,7-9,11-12H2,1H3,(H,19,22). The van der Waals surface area contributed by atoms with Crippen LogP contribution in [0.5, 0.6) is 0 Å². The summed E-state index contributed by atoms with van der Waals surface area (Å²) in [5.41, 5.74) is 1.69. The number of hydrogen-bond donors (Lipinski definition) is 2. The molecule has 0 saturated heterocycles. The Morgan fingerprint density at radius 3 is 2.82 bits per heavy atom. The Morgan fingerprint density at radius 2 is 2.18 bits per heavy atom. The van der Waals surface area contributed by atoms with Gasteiger partial charge in [-0.25, -0.2) is 0 Å². The monoisotopic (exact) mass is 346 g/mol. The average Bonchev–Trinajstić information content (AvgIpc) is 2.51. The smallest absolute Gasteiger partial charge is 0.225 e. The van der Waals surface area contributed by atoms with Gasteiger partial charge >= 0.3 is 0 Å². The number of nitrogens with one attached hydrogen (secondary N) is 1. The SMILES string of the molecule is CCCCN(CC(O)CCl)c1cccc(NC(=O)CCCl)c1. The first-order chi connectivity index (χ1) is 10.6. The van der Waals surface area contributed by atoms with Gasteiger partial charge in [-0.1, -0.05) is 19.4 Å². The van der Waals surface area contributed by atoms with E-state index < -0.39 is 6.10 Å². The van der Waals surface area contributed by atoms with E-state index >= 15 is 0 Å². The van der Waals surface area contributed by atoms with E-state index in [0.717, 1.165) is 30.8 Å². The third kappa shape index (κ3) is 6.86. The van der Waals surface area contributed by atoms with Gasteiger partial charge < -0.3 is 15.3 Å². The molecule has 0 spiro atoms. The van der Waals surface area contributed by atoms with Crippen LogP contribution in [0.25, 0.3) is 0 Å². The van der Waals surface area contributed by atoms with Crippen LogP contribution in [0, 0.1) is 0 Å². The maximum atomic E-state index is 11.6. The minimum absolute atomic E-state index is 0.104. The number of hydrogen-bond acceptors (Lipinski definition) is 3. The van der Waals surface area contributed by atoms with Crippen molar-refractivity contribution in [3.63, 3.8) is 0 Å². The minimum atomic E-state index is -0.576. The molecule has 0 aromatic heterocycles. The molecule has 0 aliphatic rings. The molecule has 1 amide bonds. The van der Waals surface area contributed by atoms with Crippen molar-refractivity contribution in [1.29, 1.82) is 0 Å². The highest BCUT2D eigenvalue weighted by atomic mass is 35.5. The van der Waals surface area contributed by atoms with Crippen molar-refractivity contribution in [2.45, 2.75) is 32.3 Å². The fraction of sp³-hybridized carbons (Fsp3) is 0.562.